The van der Waals surface area contributed by atoms with E-state index in [9.17, 15) is 5.11 Å². The molecule has 8 rings (SSSR count). The van der Waals surface area contributed by atoms with E-state index in [-0.39, 0.29) is 43.1 Å². The van der Waals surface area contributed by atoms with Gasteiger partial charge in [-0.05, 0) is 109 Å². The molecule has 5 aromatic carbocycles. The Labute approximate surface area is 389 Å². The predicted molar refractivity (Wildman–Crippen MR) is 261 cm³/mol. The van der Waals surface area contributed by atoms with Crippen molar-refractivity contribution >= 4 is 21.9 Å². The van der Waals surface area contributed by atoms with Gasteiger partial charge in [0.05, 0.1) is 16.6 Å². The van der Waals surface area contributed by atoms with Crippen molar-refractivity contribution in [3.8, 4) is 56.2 Å². The molecule has 0 amide bonds. The molecule has 0 aliphatic carbocycles. The third kappa shape index (κ3) is 8.92. The van der Waals surface area contributed by atoms with Crippen LogP contribution in [0.2, 0.25) is 0 Å². The van der Waals surface area contributed by atoms with Gasteiger partial charge in [0, 0.05) is 56.2 Å². The summed E-state index contributed by atoms with van der Waals surface area (Å²) in [6, 6.07) is 38.7. The van der Waals surface area contributed by atoms with Gasteiger partial charge in [0.2, 0.25) is 0 Å². The maximum atomic E-state index is 11.7. The van der Waals surface area contributed by atoms with Gasteiger partial charge in [0.15, 0.2) is 0 Å². The second kappa shape index (κ2) is 17.0. The Kier molecular flexibility index (Phi) is 12.3. The fourth-order valence-corrected chi connectivity index (χ4v) is 8.49. The number of phenols is 1. The van der Waals surface area contributed by atoms with E-state index in [1.54, 1.807) is 0 Å². The Hall–Kier alpha value is -5.38. The smallest absolute Gasteiger partial charge is 0.148 e. The number of phenolic OH excluding ortho intramolecular Hbond substituents is 1. The molecule has 1 N–H and O–H groups in total. The molecule has 63 heavy (non-hydrogen) atoms. The Bertz CT molecular complexity index is 2950. The summed E-state index contributed by atoms with van der Waals surface area (Å²) in [7, 11) is 0. The van der Waals surface area contributed by atoms with Crippen molar-refractivity contribution < 1.29 is 26.2 Å². The van der Waals surface area contributed by atoms with E-state index in [0.717, 1.165) is 66.6 Å². The number of hydrogen-bond donors (Lipinski definition) is 1. The third-order valence-corrected chi connectivity index (χ3v) is 12.3. The van der Waals surface area contributed by atoms with Crippen LogP contribution in [0, 0.1) is 6.07 Å². The van der Waals surface area contributed by atoms with Gasteiger partial charge in [0.1, 0.15) is 11.6 Å². The normalized spacial score (nSPS) is 12.4. The first-order valence-corrected chi connectivity index (χ1v) is 22.1. The summed E-state index contributed by atoms with van der Waals surface area (Å²) >= 11 is 0. The monoisotopic (exact) mass is 1010 g/mol. The number of imidazole rings is 1. The molecule has 0 unspecified atom stereocenters. The van der Waals surface area contributed by atoms with E-state index in [1.807, 2.05) is 30.7 Å². The molecule has 0 atom stereocenters. The topological polar surface area (TPSA) is 63.8 Å². The minimum atomic E-state index is -0.143. The van der Waals surface area contributed by atoms with Gasteiger partial charge >= 0.3 is 0 Å². The Morgan fingerprint density at radius 1 is 0.587 bits per heavy atom. The number of nitrogens with zero attached hydrogens (tertiary/aromatic N) is 4. The van der Waals surface area contributed by atoms with Crippen LogP contribution >= 0.6 is 0 Å². The van der Waals surface area contributed by atoms with E-state index < -0.39 is 0 Å². The molecule has 3 aromatic heterocycles. The maximum Gasteiger partial charge on any atom is 0.148 e. The van der Waals surface area contributed by atoms with Crippen molar-refractivity contribution in [2.75, 3.05) is 0 Å². The molecule has 0 bridgehead atoms. The van der Waals surface area contributed by atoms with Gasteiger partial charge in [-0.1, -0.05) is 138 Å². The van der Waals surface area contributed by atoms with E-state index >= 15 is 0 Å². The molecule has 3 heterocycles. The molecule has 6 heteroatoms. The molecule has 5 nitrogen and oxygen atoms in total. The number of hydrogen-bond acceptors (Lipinski definition) is 4. The zero-order chi connectivity index (χ0) is 44.5. The molecular weight excluding hydrogens is 952 g/mol. The summed E-state index contributed by atoms with van der Waals surface area (Å²) in [6.07, 6.45) is 5.76. The molecule has 0 spiro atoms. The first kappa shape index (κ1) is 45.6. The fourth-order valence-electron chi connectivity index (χ4n) is 8.49. The van der Waals surface area contributed by atoms with E-state index in [2.05, 4.69) is 186 Å². The summed E-state index contributed by atoms with van der Waals surface area (Å²) < 4.78 is 2.24. The zero-order valence-electron chi connectivity index (χ0n) is 39.2. The van der Waals surface area contributed by atoms with Crippen LogP contribution in [0.15, 0.2) is 116 Å². The van der Waals surface area contributed by atoms with Crippen molar-refractivity contribution in [2.45, 2.75) is 118 Å². The van der Waals surface area contributed by atoms with Crippen LogP contribution in [-0.2, 0) is 37.3 Å². The molecule has 0 aliphatic rings. The summed E-state index contributed by atoms with van der Waals surface area (Å²) in [5.74, 6) is 1.59. The van der Waals surface area contributed by atoms with Crippen LogP contribution in [0.1, 0.15) is 130 Å². The van der Waals surface area contributed by atoms with Crippen LogP contribution < -0.4 is 0 Å². The number of benzene rings is 5. The van der Waals surface area contributed by atoms with Gasteiger partial charge in [-0.15, -0.1) is 35.4 Å². The number of fused-ring (bicyclic) bond motifs is 2. The van der Waals surface area contributed by atoms with Gasteiger partial charge < -0.3 is 5.11 Å². The molecule has 0 fully saturated rings. The van der Waals surface area contributed by atoms with Crippen LogP contribution in [0.3, 0.4) is 0 Å². The van der Waals surface area contributed by atoms with Gasteiger partial charge in [0.25, 0.3) is 0 Å². The van der Waals surface area contributed by atoms with E-state index in [4.69, 9.17) is 15.0 Å². The minimum absolute atomic E-state index is 0. The van der Waals surface area contributed by atoms with Crippen molar-refractivity contribution in [1.29, 1.82) is 0 Å². The number of aromatic nitrogens is 4. The van der Waals surface area contributed by atoms with E-state index in [0.29, 0.717) is 23.2 Å². The number of pyridine rings is 2. The first-order valence-electron chi connectivity index (χ1n) is 22.1. The average molecular weight is 1010 g/mol. The maximum absolute atomic E-state index is 11.7. The Morgan fingerprint density at radius 2 is 1.19 bits per heavy atom. The zero-order valence-corrected chi connectivity index (χ0v) is 41.4. The van der Waals surface area contributed by atoms with Gasteiger partial charge in [-0.25, -0.2) is 4.98 Å². The largest absolute Gasteiger partial charge is 0.507 e. The molecule has 0 saturated heterocycles. The number of rotatable bonds is 7. The average Bonchev–Trinajstić information content (AvgIpc) is 3.61. The van der Waals surface area contributed by atoms with Crippen LogP contribution in [0.4, 0.5) is 0 Å². The molecule has 0 saturated carbocycles. The van der Waals surface area contributed by atoms with Crippen molar-refractivity contribution in [3.63, 3.8) is 0 Å². The second-order valence-electron chi connectivity index (χ2n) is 20.8. The summed E-state index contributed by atoms with van der Waals surface area (Å²) in [4.78, 5) is 15.2. The summed E-state index contributed by atoms with van der Waals surface area (Å²) in [5, 5.41) is 12.8. The van der Waals surface area contributed by atoms with Crippen molar-refractivity contribution in [3.05, 3.63) is 150 Å². The molecule has 8 aromatic rings. The summed E-state index contributed by atoms with van der Waals surface area (Å²) in [6.45, 7) is 29.1. The number of aromatic hydroxyl groups is 1. The molecular formula is C57H61N4OPt-. The van der Waals surface area contributed by atoms with Gasteiger partial charge in [-0.2, -0.15) is 0 Å². The SMILES string of the molecule is CC(C)c1cc(-c2cc(-c3[c-]c(-c4cncc5c(C(C)(C)C)ccnc45)ccc3)c3nc(-c4cc(C(C)(C)C)ccc4O)n(-c4ccc(C(C)(C)C)cc4)c3c2)cc(C(C)C)c1.[Pt]. The van der Waals surface area contributed by atoms with Crippen LogP contribution in [0.5, 0.6) is 5.75 Å². The second-order valence-corrected chi connectivity index (χ2v) is 20.8. The van der Waals surface area contributed by atoms with Gasteiger partial charge in [-0.3, -0.25) is 14.5 Å². The van der Waals surface area contributed by atoms with Crippen LogP contribution in [0.25, 0.3) is 72.4 Å². The Balaban J connectivity index is 0.00000595. The Morgan fingerprint density at radius 3 is 1.79 bits per heavy atom. The molecule has 326 valence electrons. The van der Waals surface area contributed by atoms with E-state index in [1.165, 1.54) is 22.3 Å². The first-order chi connectivity index (χ1) is 29.2. The third-order valence-electron chi connectivity index (χ3n) is 12.3. The van der Waals surface area contributed by atoms with Crippen LogP contribution in [-0.4, -0.2) is 24.6 Å². The standard InChI is InChI=1S/C57H61N4O.Pt/c1-34(2)38-26-39(35(3)4)28-40(27-38)41-29-45(36-15-14-16-37(25-36)47-32-58-33-48-49(57(11,12)13)23-24-59-52(47)48)53-50(30-41)61(44-20-17-42(18-21-44)55(5,6)7)54(60-53)46-31-43(56(8,9)10)19-22-51(46)62;/h14-24,26-35,62H,1-13H3;/q-1;. The quantitative estimate of drug-likeness (QED) is 0.162. The van der Waals surface area contributed by atoms with Crippen molar-refractivity contribution in [2.24, 2.45) is 0 Å². The van der Waals surface area contributed by atoms with Crippen molar-refractivity contribution in [1.82, 2.24) is 19.5 Å². The summed E-state index contributed by atoms with van der Waals surface area (Å²) in [5.41, 5.74) is 16.2. The predicted octanol–water partition coefficient (Wildman–Crippen LogP) is 15.3. The molecule has 0 radical (unpaired) electrons. The molecule has 0 aliphatic heterocycles. The fraction of sp³-hybridized carbons (Fsp3) is 0.316. The minimum Gasteiger partial charge on any atom is -0.507 e.